The molecule has 0 unspecified atom stereocenters. The van der Waals surface area contributed by atoms with Gasteiger partial charge >= 0.3 is 0 Å². The summed E-state index contributed by atoms with van der Waals surface area (Å²) >= 11 is 0. The standard InChI is InChI=1S/C18H17N3O/c1-12-4-2-5-13-10-15(20-16(12)13)17(22)21-18(7-8-18)14-6-3-9-19-11-14/h2-6,9-11,20H,7-8H2,1H3,(H,21,22). The summed E-state index contributed by atoms with van der Waals surface area (Å²) < 4.78 is 0. The minimum atomic E-state index is -0.238. The van der Waals surface area contributed by atoms with E-state index in [-0.39, 0.29) is 11.4 Å². The fourth-order valence-electron chi connectivity index (χ4n) is 2.97. The molecule has 2 heterocycles. The molecule has 22 heavy (non-hydrogen) atoms. The number of pyridine rings is 1. The van der Waals surface area contributed by atoms with Gasteiger partial charge in [-0.15, -0.1) is 0 Å². The Morgan fingerprint density at radius 3 is 2.82 bits per heavy atom. The van der Waals surface area contributed by atoms with E-state index in [1.807, 2.05) is 49.5 Å². The number of fused-ring (bicyclic) bond motifs is 1. The number of hydrogen-bond acceptors (Lipinski definition) is 2. The number of amides is 1. The van der Waals surface area contributed by atoms with Crippen molar-refractivity contribution in [3.8, 4) is 0 Å². The topological polar surface area (TPSA) is 57.8 Å². The number of para-hydroxylation sites is 1. The molecule has 1 aromatic carbocycles. The van der Waals surface area contributed by atoms with Gasteiger partial charge in [0.25, 0.3) is 5.91 Å². The molecule has 1 fully saturated rings. The Hall–Kier alpha value is -2.62. The summed E-state index contributed by atoms with van der Waals surface area (Å²) in [6.07, 6.45) is 5.51. The number of H-pyrrole nitrogens is 1. The summed E-state index contributed by atoms with van der Waals surface area (Å²) in [5.74, 6) is -0.0584. The van der Waals surface area contributed by atoms with E-state index in [9.17, 15) is 4.79 Å². The van der Waals surface area contributed by atoms with Crippen molar-refractivity contribution in [1.29, 1.82) is 0 Å². The average Bonchev–Trinajstić information content (AvgIpc) is 3.17. The van der Waals surface area contributed by atoms with E-state index < -0.39 is 0 Å². The molecular weight excluding hydrogens is 274 g/mol. The van der Waals surface area contributed by atoms with Gasteiger partial charge in [0.15, 0.2) is 0 Å². The molecule has 4 nitrogen and oxygen atoms in total. The van der Waals surface area contributed by atoms with Crippen molar-refractivity contribution < 1.29 is 4.79 Å². The molecule has 0 aliphatic heterocycles. The molecule has 1 saturated carbocycles. The summed E-state index contributed by atoms with van der Waals surface area (Å²) in [7, 11) is 0. The maximum atomic E-state index is 12.6. The van der Waals surface area contributed by atoms with Crippen LogP contribution < -0.4 is 5.32 Å². The molecule has 0 bridgehead atoms. The zero-order chi connectivity index (χ0) is 15.2. The predicted octanol–water partition coefficient (Wildman–Crippen LogP) is 3.29. The average molecular weight is 291 g/mol. The van der Waals surface area contributed by atoms with E-state index in [2.05, 4.69) is 15.3 Å². The molecule has 4 rings (SSSR count). The number of hydrogen-bond donors (Lipinski definition) is 2. The first kappa shape index (κ1) is 13.1. The molecule has 2 N–H and O–H groups in total. The maximum absolute atomic E-state index is 12.6. The van der Waals surface area contributed by atoms with Crippen molar-refractivity contribution >= 4 is 16.8 Å². The molecule has 0 spiro atoms. The van der Waals surface area contributed by atoms with Crippen molar-refractivity contribution in [2.75, 3.05) is 0 Å². The molecule has 2 aromatic heterocycles. The predicted molar refractivity (Wildman–Crippen MR) is 85.7 cm³/mol. The molecule has 0 radical (unpaired) electrons. The lowest BCUT2D eigenvalue weighted by molar-refractivity contribution is 0.0926. The monoisotopic (exact) mass is 291 g/mol. The Morgan fingerprint density at radius 2 is 2.14 bits per heavy atom. The second-order valence-electron chi connectivity index (χ2n) is 6.00. The van der Waals surface area contributed by atoms with Crippen LogP contribution in [0, 0.1) is 6.92 Å². The highest BCUT2D eigenvalue weighted by Crippen LogP contribution is 2.45. The first-order chi connectivity index (χ1) is 10.7. The van der Waals surface area contributed by atoms with Crippen LogP contribution in [0.5, 0.6) is 0 Å². The van der Waals surface area contributed by atoms with Gasteiger partial charge in [0.1, 0.15) is 5.69 Å². The Labute approximate surface area is 128 Å². The number of nitrogens with zero attached hydrogens (tertiary/aromatic N) is 1. The van der Waals surface area contributed by atoms with E-state index in [0.29, 0.717) is 5.69 Å². The summed E-state index contributed by atoms with van der Waals surface area (Å²) in [5.41, 5.74) is 3.62. The summed E-state index contributed by atoms with van der Waals surface area (Å²) in [6, 6.07) is 11.9. The third-order valence-corrected chi connectivity index (χ3v) is 4.43. The number of carbonyl (C=O) groups excluding carboxylic acids is 1. The van der Waals surface area contributed by atoms with Crippen molar-refractivity contribution in [2.45, 2.75) is 25.3 Å². The normalized spacial score (nSPS) is 15.7. The molecule has 4 heteroatoms. The van der Waals surface area contributed by atoms with Gasteiger partial charge in [-0.2, -0.15) is 0 Å². The first-order valence-corrected chi connectivity index (χ1v) is 7.49. The Morgan fingerprint density at radius 1 is 1.27 bits per heavy atom. The van der Waals surface area contributed by atoms with Crippen LogP contribution in [-0.4, -0.2) is 15.9 Å². The van der Waals surface area contributed by atoms with Gasteiger partial charge in [-0.3, -0.25) is 9.78 Å². The van der Waals surface area contributed by atoms with Gasteiger partial charge in [-0.1, -0.05) is 24.3 Å². The van der Waals surface area contributed by atoms with Crippen LogP contribution >= 0.6 is 0 Å². The second kappa shape index (κ2) is 4.70. The van der Waals surface area contributed by atoms with Gasteiger partial charge in [0.05, 0.1) is 5.54 Å². The number of benzene rings is 1. The number of aromatic amines is 1. The van der Waals surface area contributed by atoms with Crippen LogP contribution in [0.15, 0.2) is 48.8 Å². The number of aryl methyl sites for hydroxylation is 1. The van der Waals surface area contributed by atoms with Crippen molar-refractivity contribution in [3.05, 3.63) is 65.6 Å². The lowest BCUT2D eigenvalue weighted by atomic mass is 10.1. The highest BCUT2D eigenvalue weighted by atomic mass is 16.2. The molecular formula is C18H17N3O. The van der Waals surface area contributed by atoms with E-state index in [4.69, 9.17) is 0 Å². The molecule has 3 aromatic rings. The molecule has 110 valence electrons. The van der Waals surface area contributed by atoms with Gasteiger partial charge in [-0.05, 0) is 43.0 Å². The van der Waals surface area contributed by atoms with E-state index in [1.54, 1.807) is 6.20 Å². The van der Waals surface area contributed by atoms with Crippen molar-refractivity contribution in [1.82, 2.24) is 15.3 Å². The zero-order valence-electron chi connectivity index (χ0n) is 12.4. The Kier molecular flexibility index (Phi) is 2.79. The van der Waals surface area contributed by atoms with Crippen LogP contribution in [0.2, 0.25) is 0 Å². The Bertz CT molecular complexity index is 847. The van der Waals surface area contributed by atoms with Crippen molar-refractivity contribution in [2.24, 2.45) is 0 Å². The third kappa shape index (κ3) is 2.08. The van der Waals surface area contributed by atoms with Gasteiger partial charge < -0.3 is 10.3 Å². The zero-order valence-corrected chi connectivity index (χ0v) is 12.4. The number of rotatable bonds is 3. The van der Waals surface area contributed by atoms with E-state index in [1.165, 1.54) is 0 Å². The maximum Gasteiger partial charge on any atom is 0.268 e. The minimum absolute atomic E-state index is 0.0584. The summed E-state index contributed by atoms with van der Waals surface area (Å²) in [4.78, 5) is 20.0. The van der Waals surface area contributed by atoms with Crippen LogP contribution in [-0.2, 0) is 5.54 Å². The minimum Gasteiger partial charge on any atom is -0.350 e. The van der Waals surface area contributed by atoms with Crippen LogP contribution in [0.25, 0.3) is 10.9 Å². The van der Waals surface area contributed by atoms with Crippen molar-refractivity contribution in [3.63, 3.8) is 0 Å². The smallest absolute Gasteiger partial charge is 0.268 e. The second-order valence-corrected chi connectivity index (χ2v) is 6.00. The molecule has 1 amide bonds. The van der Waals surface area contributed by atoms with Gasteiger partial charge in [0.2, 0.25) is 0 Å². The van der Waals surface area contributed by atoms with Crippen LogP contribution in [0.4, 0.5) is 0 Å². The first-order valence-electron chi connectivity index (χ1n) is 7.49. The number of aromatic nitrogens is 2. The van der Waals surface area contributed by atoms with E-state index in [0.717, 1.165) is 34.9 Å². The summed E-state index contributed by atoms with van der Waals surface area (Å²) in [6.45, 7) is 2.04. The SMILES string of the molecule is Cc1cccc2cc(C(=O)NC3(c4cccnc4)CC3)[nH]c12. The Balaban J connectivity index is 1.63. The third-order valence-electron chi connectivity index (χ3n) is 4.43. The highest BCUT2D eigenvalue weighted by Gasteiger charge is 2.46. The lowest BCUT2D eigenvalue weighted by Gasteiger charge is -2.16. The van der Waals surface area contributed by atoms with E-state index >= 15 is 0 Å². The molecule has 0 saturated heterocycles. The number of nitrogens with one attached hydrogen (secondary N) is 2. The lowest BCUT2D eigenvalue weighted by Crippen LogP contribution is -2.35. The summed E-state index contributed by atoms with van der Waals surface area (Å²) in [5, 5.41) is 4.24. The largest absolute Gasteiger partial charge is 0.350 e. The van der Waals surface area contributed by atoms with Gasteiger partial charge in [-0.25, -0.2) is 0 Å². The quantitative estimate of drug-likeness (QED) is 0.778. The molecule has 1 aliphatic carbocycles. The van der Waals surface area contributed by atoms with Gasteiger partial charge in [0, 0.05) is 23.3 Å². The fraction of sp³-hybridized carbons (Fsp3) is 0.222. The number of carbonyl (C=O) groups is 1. The highest BCUT2D eigenvalue weighted by molar-refractivity contribution is 5.99. The molecule has 1 aliphatic rings. The van der Waals surface area contributed by atoms with Crippen LogP contribution in [0.1, 0.15) is 34.5 Å². The molecule has 0 atom stereocenters. The fourth-order valence-corrected chi connectivity index (χ4v) is 2.97. The van der Waals surface area contributed by atoms with Crippen LogP contribution in [0.3, 0.4) is 0 Å².